The number of aromatic nitrogens is 3. The molecule has 3 heterocycles. The standard InChI is InChI=1S/C17H21N5O3/c1-9-5-6-13(23)16(19-9)20-17(25)11-7-14(24)21(3)15(11)12-8-18-22(4)10(12)2/h5-6,8,11,15,23H,7H2,1-4H3,(H,19,20,25)/t11-,15+/m0/s1. The number of anilines is 1. The molecule has 0 aliphatic carbocycles. The molecule has 0 spiro atoms. The maximum absolute atomic E-state index is 12.8. The van der Waals surface area contributed by atoms with Crippen LogP contribution in [0.2, 0.25) is 0 Å². The number of aromatic hydroxyl groups is 1. The van der Waals surface area contributed by atoms with Gasteiger partial charge in [-0.1, -0.05) is 0 Å². The number of carbonyl (C=O) groups excluding carboxylic acids is 2. The smallest absolute Gasteiger partial charge is 0.231 e. The van der Waals surface area contributed by atoms with Crippen LogP contribution in [0.3, 0.4) is 0 Å². The topological polar surface area (TPSA) is 100 Å². The second-order valence-electron chi connectivity index (χ2n) is 6.38. The predicted octanol–water partition coefficient (Wildman–Crippen LogP) is 1.30. The summed E-state index contributed by atoms with van der Waals surface area (Å²) < 4.78 is 1.72. The molecule has 0 unspecified atom stereocenters. The third-order valence-electron chi connectivity index (χ3n) is 4.77. The predicted molar refractivity (Wildman–Crippen MR) is 90.8 cm³/mol. The van der Waals surface area contributed by atoms with Crippen LogP contribution in [-0.4, -0.2) is 43.6 Å². The van der Waals surface area contributed by atoms with Crippen molar-refractivity contribution < 1.29 is 14.7 Å². The third kappa shape index (κ3) is 2.95. The fourth-order valence-corrected chi connectivity index (χ4v) is 3.19. The molecule has 1 fully saturated rings. The molecule has 1 aliphatic rings. The van der Waals surface area contributed by atoms with Crippen LogP contribution in [0.25, 0.3) is 0 Å². The van der Waals surface area contributed by atoms with Crippen LogP contribution in [0.4, 0.5) is 5.82 Å². The lowest BCUT2D eigenvalue weighted by Crippen LogP contribution is -2.30. The van der Waals surface area contributed by atoms with E-state index in [0.29, 0.717) is 5.69 Å². The Morgan fingerprint density at radius 1 is 1.32 bits per heavy atom. The summed E-state index contributed by atoms with van der Waals surface area (Å²) in [6, 6.07) is 2.74. The average Bonchev–Trinajstić information content (AvgIpc) is 3.04. The Balaban J connectivity index is 1.91. The lowest BCUT2D eigenvalue weighted by atomic mass is 9.93. The zero-order valence-corrected chi connectivity index (χ0v) is 14.6. The lowest BCUT2D eigenvalue weighted by molar-refractivity contribution is -0.128. The highest BCUT2D eigenvalue weighted by Gasteiger charge is 2.44. The summed E-state index contributed by atoms with van der Waals surface area (Å²) in [6.45, 7) is 3.67. The molecule has 0 saturated carbocycles. The van der Waals surface area contributed by atoms with Crippen LogP contribution in [0, 0.1) is 19.8 Å². The summed E-state index contributed by atoms with van der Waals surface area (Å²) in [7, 11) is 3.51. The first-order valence-corrected chi connectivity index (χ1v) is 8.01. The van der Waals surface area contributed by atoms with Gasteiger partial charge in [-0.15, -0.1) is 0 Å². The van der Waals surface area contributed by atoms with Gasteiger partial charge in [-0.3, -0.25) is 14.3 Å². The summed E-state index contributed by atoms with van der Waals surface area (Å²) in [6.07, 6.45) is 1.80. The molecule has 132 valence electrons. The molecule has 0 aromatic carbocycles. The van der Waals surface area contributed by atoms with Gasteiger partial charge in [0.25, 0.3) is 0 Å². The van der Waals surface area contributed by atoms with E-state index in [0.717, 1.165) is 11.3 Å². The van der Waals surface area contributed by atoms with Crippen molar-refractivity contribution in [3.05, 3.63) is 35.3 Å². The summed E-state index contributed by atoms with van der Waals surface area (Å²) >= 11 is 0. The van der Waals surface area contributed by atoms with Crippen LogP contribution < -0.4 is 5.32 Å². The normalized spacial score (nSPS) is 20.2. The first kappa shape index (κ1) is 16.9. The molecule has 2 N–H and O–H groups in total. The molecule has 25 heavy (non-hydrogen) atoms. The van der Waals surface area contributed by atoms with E-state index in [2.05, 4.69) is 15.4 Å². The van der Waals surface area contributed by atoms with Crippen molar-refractivity contribution >= 4 is 17.6 Å². The van der Waals surface area contributed by atoms with Gasteiger partial charge in [0.15, 0.2) is 11.6 Å². The van der Waals surface area contributed by atoms with Crippen molar-refractivity contribution in [3.63, 3.8) is 0 Å². The van der Waals surface area contributed by atoms with Gasteiger partial charge in [-0.25, -0.2) is 4.98 Å². The van der Waals surface area contributed by atoms with E-state index in [1.54, 1.807) is 35.8 Å². The molecule has 2 amide bonds. The maximum Gasteiger partial charge on any atom is 0.231 e. The molecule has 0 radical (unpaired) electrons. The second kappa shape index (κ2) is 6.19. The van der Waals surface area contributed by atoms with Gasteiger partial charge in [-0.05, 0) is 26.0 Å². The second-order valence-corrected chi connectivity index (χ2v) is 6.38. The minimum Gasteiger partial charge on any atom is -0.504 e. The molecule has 0 bridgehead atoms. The summed E-state index contributed by atoms with van der Waals surface area (Å²) in [4.78, 5) is 30.7. The highest BCUT2D eigenvalue weighted by Crippen LogP contribution is 2.39. The number of nitrogens with one attached hydrogen (secondary N) is 1. The number of rotatable bonds is 3. The molecule has 1 saturated heterocycles. The molecule has 3 rings (SSSR count). The van der Waals surface area contributed by atoms with E-state index < -0.39 is 12.0 Å². The van der Waals surface area contributed by atoms with Crippen molar-refractivity contribution in [1.82, 2.24) is 19.7 Å². The van der Waals surface area contributed by atoms with E-state index in [9.17, 15) is 14.7 Å². The quantitative estimate of drug-likeness (QED) is 0.875. The first-order chi connectivity index (χ1) is 11.8. The fourth-order valence-electron chi connectivity index (χ4n) is 3.19. The van der Waals surface area contributed by atoms with Crippen LogP contribution in [0.15, 0.2) is 18.3 Å². The van der Waals surface area contributed by atoms with Crippen molar-refractivity contribution in [2.24, 2.45) is 13.0 Å². The van der Waals surface area contributed by atoms with Crippen LogP contribution in [0.5, 0.6) is 5.75 Å². The zero-order chi connectivity index (χ0) is 18.3. The van der Waals surface area contributed by atoms with E-state index in [1.807, 2.05) is 14.0 Å². The SMILES string of the molecule is Cc1ccc(O)c(NC(=O)[C@H]2CC(=O)N(C)[C@H]2c2cnn(C)c2C)n1. The zero-order valence-electron chi connectivity index (χ0n) is 14.6. The Bertz CT molecular complexity index is 845. The van der Waals surface area contributed by atoms with Crippen LogP contribution in [0.1, 0.15) is 29.4 Å². The number of nitrogens with zero attached hydrogens (tertiary/aromatic N) is 4. The number of pyridine rings is 1. The molecule has 8 heteroatoms. The molecule has 2 atom stereocenters. The van der Waals surface area contributed by atoms with E-state index in [4.69, 9.17) is 0 Å². The minimum atomic E-state index is -0.581. The number of hydrogen-bond acceptors (Lipinski definition) is 5. The van der Waals surface area contributed by atoms with E-state index >= 15 is 0 Å². The molecule has 1 aliphatic heterocycles. The number of amides is 2. The molecule has 8 nitrogen and oxygen atoms in total. The van der Waals surface area contributed by atoms with E-state index in [1.165, 1.54) is 6.07 Å². The van der Waals surface area contributed by atoms with Gasteiger partial charge in [0.2, 0.25) is 11.8 Å². The lowest BCUT2D eigenvalue weighted by Gasteiger charge is -2.24. The Hall–Kier alpha value is -2.90. The highest BCUT2D eigenvalue weighted by atomic mass is 16.3. The Morgan fingerprint density at radius 3 is 2.68 bits per heavy atom. The molecular formula is C17H21N5O3. The van der Waals surface area contributed by atoms with Gasteiger partial charge in [0.1, 0.15) is 0 Å². The van der Waals surface area contributed by atoms with Crippen molar-refractivity contribution in [3.8, 4) is 5.75 Å². The summed E-state index contributed by atoms with van der Waals surface area (Å²) in [5, 5.41) is 16.8. The fraction of sp³-hybridized carbons (Fsp3) is 0.412. The summed E-state index contributed by atoms with van der Waals surface area (Å²) in [5.41, 5.74) is 2.42. The largest absolute Gasteiger partial charge is 0.504 e. The van der Waals surface area contributed by atoms with Crippen molar-refractivity contribution in [1.29, 1.82) is 0 Å². The molecule has 2 aromatic heterocycles. The van der Waals surface area contributed by atoms with Gasteiger partial charge < -0.3 is 15.3 Å². The monoisotopic (exact) mass is 343 g/mol. The number of likely N-dealkylation sites (tertiary alicyclic amines) is 1. The number of aryl methyl sites for hydroxylation is 2. The average molecular weight is 343 g/mol. The van der Waals surface area contributed by atoms with Gasteiger partial charge >= 0.3 is 0 Å². The number of carbonyl (C=O) groups is 2. The highest BCUT2D eigenvalue weighted by molar-refractivity contribution is 5.98. The molecular weight excluding hydrogens is 322 g/mol. The van der Waals surface area contributed by atoms with E-state index in [-0.39, 0.29) is 29.8 Å². The van der Waals surface area contributed by atoms with Crippen molar-refractivity contribution in [2.75, 3.05) is 12.4 Å². The third-order valence-corrected chi connectivity index (χ3v) is 4.77. The minimum absolute atomic E-state index is 0.102. The Kier molecular flexibility index (Phi) is 4.20. The van der Waals surface area contributed by atoms with Gasteiger partial charge in [0.05, 0.1) is 18.2 Å². The van der Waals surface area contributed by atoms with Gasteiger partial charge in [0, 0.05) is 37.5 Å². The van der Waals surface area contributed by atoms with Crippen LogP contribution >= 0.6 is 0 Å². The van der Waals surface area contributed by atoms with Crippen molar-refractivity contribution in [2.45, 2.75) is 26.3 Å². The molecule has 2 aromatic rings. The van der Waals surface area contributed by atoms with Gasteiger partial charge in [-0.2, -0.15) is 5.10 Å². The summed E-state index contributed by atoms with van der Waals surface area (Å²) in [5.74, 6) is -1.03. The Labute approximate surface area is 145 Å². The maximum atomic E-state index is 12.8. The number of hydrogen-bond donors (Lipinski definition) is 2. The van der Waals surface area contributed by atoms with Crippen LogP contribution in [-0.2, 0) is 16.6 Å². The first-order valence-electron chi connectivity index (χ1n) is 8.01. The Morgan fingerprint density at radius 2 is 2.04 bits per heavy atom.